The highest BCUT2D eigenvalue weighted by Gasteiger charge is 2.39. The summed E-state index contributed by atoms with van der Waals surface area (Å²) in [6, 6.07) is 0.612. The lowest BCUT2D eigenvalue weighted by atomic mass is 9.84. The van der Waals surface area contributed by atoms with Crippen LogP contribution in [0.1, 0.15) is 42.3 Å². The molecule has 2 atom stereocenters. The minimum absolute atomic E-state index is 0.0920. The van der Waals surface area contributed by atoms with Gasteiger partial charge < -0.3 is 10.2 Å². The molecule has 3 nitrogen and oxygen atoms in total. The van der Waals surface area contributed by atoms with Crippen molar-refractivity contribution in [3.05, 3.63) is 15.6 Å². The second-order valence-electron chi connectivity index (χ2n) is 5.49. The molecule has 1 aliphatic heterocycles. The van der Waals surface area contributed by atoms with Crippen LogP contribution in [-0.4, -0.2) is 36.6 Å². The molecule has 0 radical (unpaired) electrons. The molecule has 1 N–H and O–H groups in total. The number of nitrogens with one attached hydrogen (secondary N) is 1. The Hall–Kier alpha value is -0.450. The lowest BCUT2D eigenvalue weighted by Crippen LogP contribution is -2.52. The Labute approximate surface area is 115 Å². The first-order chi connectivity index (χ1) is 8.52. The van der Waals surface area contributed by atoms with Gasteiger partial charge in [-0.3, -0.25) is 0 Å². The summed E-state index contributed by atoms with van der Waals surface area (Å²) in [5.41, 5.74) is 1.37. The summed E-state index contributed by atoms with van der Waals surface area (Å²) in [6.07, 6.45) is 3.34. The zero-order chi connectivity index (χ0) is 13.3. The largest absolute Gasteiger partial charge is 0.308 e. The van der Waals surface area contributed by atoms with E-state index >= 15 is 0 Å². The smallest absolute Gasteiger partial charge is 0.113 e. The van der Waals surface area contributed by atoms with Gasteiger partial charge in [-0.1, -0.05) is 6.92 Å². The van der Waals surface area contributed by atoms with Gasteiger partial charge in [0, 0.05) is 17.5 Å². The highest BCUT2D eigenvalue weighted by atomic mass is 32.1. The Morgan fingerprint density at radius 3 is 2.78 bits per heavy atom. The zero-order valence-corrected chi connectivity index (χ0v) is 13.0. The lowest BCUT2D eigenvalue weighted by Gasteiger charge is -2.43. The highest BCUT2D eigenvalue weighted by Crippen LogP contribution is 2.38. The van der Waals surface area contributed by atoms with Gasteiger partial charge in [0.2, 0.25) is 0 Å². The normalized spacial score (nSPS) is 29.7. The average molecular weight is 267 g/mol. The number of hydrogen-bond donors (Lipinski definition) is 1. The fourth-order valence-electron chi connectivity index (χ4n) is 2.84. The van der Waals surface area contributed by atoms with Crippen molar-refractivity contribution in [1.29, 1.82) is 0 Å². The molecule has 2 heterocycles. The van der Waals surface area contributed by atoms with Crippen molar-refractivity contribution in [3.8, 4) is 0 Å². The molecule has 102 valence electrons. The van der Waals surface area contributed by atoms with Gasteiger partial charge in [-0.2, -0.15) is 0 Å². The van der Waals surface area contributed by atoms with E-state index in [-0.39, 0.29) is 5.54 Å². The predicted octanol–water partition coefficient (Wildman–Crippen LogP) is 2.54. The highest BCUT2D eigenvalue weighted by molar-refractivity contribution is 7.11. The first-order valence-electron chi connectivity index (χ1n) is 6.88. The summed E-state index contributed by atoms with van der Waals surface area (Å²) in [6.45, 7) is 7.84. The molecule has 0 aromatic carbocycles. The van der Waals surface area contributed by atoms with Gasteiger partial charge in [0.15, 0.2) is 0 Å². The van der Waals surface area contributed by atoms with E-state index < -0.39 is 0 Å². The van der Waals surface area contributed by atoms with Crippen molar-refractivity contribution in [2.75, 3.05) is 20.6 Å². The Kier molecular flexibility index (Phi) is 4.09. The number of aryl methyl sites for hydroxylation is 2. The second-order valence-corrected chi connectivity index (χ2v) is 6.69. The molecule has 0 amide bonds. The number of rotatable bonds is 3. The first-order valence-corrected chi connectivity index (χ1v) is 7.70. The van der Waals surface area contributed by atoms with E-state index in [0.29, 0.717) is 6.04 Å². The maximum atomic E-state index is 4.89. The van der Waals surface area contributed by atoms with Gasteiger partial charge >= 0.3 is 0 Å². The van der Waals surface area contributed by atoms with Gasteiger partial charge in [0.25, 0.3) is 0 Å². The molecule has 1 saturated heterocycles. The molecule has 1 aromatic heterocycles. The van der Waals surface area contributed by atoms with Gasteiger partial charge in [0.1, 0.15) is 5.01 Å². The molecular formula is C14H25N3S. The summed E-state index contributed by atoms with van der Waals surface area (Å²) in [7, 11) is 4.30. The number of aromatic nitrogens is 1. The van der Waals surface area contributed by atoms with Crippen LogP contribution in [0.5, 0.6) is 0 Å². The summed E-state index contributed by atoms with van der Waals surface area (Å²) in [4.78, 5) is 8.72. The van der Waals surface area contributed by atoms with Crippen LogP contribution in [0.15, 0.2) is 0 Å². The minimum Gasteiger partial charge on any atom is -0.308 e. The van der Waals surface area contributed by atoms with Crippen LogP contribution in [0.2, 0.25) is 0 Å². The number of piperidine rings is 1. The van der Waals surface area contributed by atoms with E-state index in [2.05, 4.69) is 45.1 Å². The standard InChI is InChI=1S/C14H25N3S/c1-6-12-11(3)18-13(16-12)14(15-4)7-8-17(5)10(2)9-14/h10,15H,6-9H2,1-5H3. The van der Waals surface area contributed by atoms with Crippen molar-refractivity contribution in [2.24, 2.45) is 0 Å². The quantitative estimate of drug-likeness (QED) is 0.912. The van der Waals surface area contributed by atoms with Crippen LogP contribution in [0.4, 0.5) is 0 Å². The molecule has 1 aromatic rings. The van der Waals surface area contributed by atoms with Crippen LogP contribution >= 0.6 is 11.3 Å². The Bertz CT molecular complexity index is 415. The maximum Gasteiger partial charge on any atom is 0.113 e. The molecule has 1 fully saturated rings. The van der Waals surface area contributed by atoms with Crippen LogP contribution < -0.4 is 5.32 Å². The third-order valence-corrected chi connectivity index (χ3v) is 5.62. The van der Waals surface area contributed by atoms with Crippen LogP contribution in [-0.2, 0) is 12.0 Å². The number of thiazole rings is 1. The maximum absolute atomic E-state index is 4.89. The first kappa shape index (κ1) is 14.0. The van der Waals surface area contributed by atoms with Crippen molar-refractivity contribution >= 4 is 11.3 Å². The fourth-order valence-corrected chi connectivity index (χ4v) is 4.08. The Balaban J connectivity index is 2.31. The van der Waals surface area contributed by atoms with E-state index in [1.54, 1.807) is 0 Å². The molecule has 2 unspecified atom stereocenters. The van der Waals surface area contributed by atoms with E-state index in [1.807, 2.05) is 11.3 Å². The lowest BCUT2D eigenvalue weighted by molar-refractivity contribution is 0.111. The van der Waals surface area contributed by atoms with Crippen LogP contribution in [0, 0.1) is 6.92 Å². The monoisotopic (exact) mass is 267 g/mol. The third kappa shape index (κ3) is 2.33. The van der Waals surface area contributed by atoms with Gasteiger partial charge in [-0.25, -0.2) is 4.98 Å². The van der Waals surface area contributed by atoms with E-state index in [4.69, 9.17) is 4.98 Å². The molecule has 2 rings (SSSR count). The molecule has 18 heavy (non-hydrogen) atoms. The number of likely N-dealkylation sites (tertiary alicyclic amines) is 1. The summed E-state index contributed by atoms with van der Waals surface area (Å²) >= 11 is 1.88. The summed E-state index contributed by atoms with van der Waals surface area (Å²) in [5, 5.41) is 4.86. The van der Waals surface area contributed by atoms with Crippen molar-refractivity contribution in [1.82, 2.24) is 15.2 Å². The molecular weight excluding hydrogens is 242 g/mol. The van der Waals surface area contributed by atoms with Crippen molar-refractivity contribution in [3.63, 3.8) is 0 Å². The average Bonchev–Trinajstić information content (AvgIpc) is 2.75. The van der Waals surface area contributed by atoms with Crippen LogP contribution in [0.3, 0.4) is 0 Å². The second kappa shape index (κ2) is 5.27. The van der Waals surface area contributed by atoms with E-state index in [0.717, 1.165) is 25.8 Å². The Morgan fingerprint density at radius 2 is 2.28 bits per heavy atom. The van der Waals surface area contributed by atoms with Gasteiger partial charge in [-0.05, 0) is 47.2 Å². The molecule has 4 heteroatoms. The molecule has 0 spiro atoms. The molecule has 0 aliphatic carbocycles. The van der Waals surface area contributed by atoms with E-state index in [9.17, 15) is 0 Å². The number of hydrogen-bond acceptors (Lipinski definition) is 4. The third-order valence-electron chi connectivity index (χ3n) is 4.40. The van der Waals surface area contributed by atoms with Gasteiger partial charge in [-0.15, -0.1) is 11.3 Å². The number of nitrogens with zero attached hydrogens (tertiary/aromatic N) is 2. The SMILES string of the molecule is CCc1nc(C2(NC)CCN(C)C(C)C2)sc1C. The van der Waals surface area contributed by atoms with Crippen molar-refractivity contribution < 1.29 is 0 Å². The minimum atomic E-state index is 0.0920. The summed E-state index contributed by atoms with van der Waals surface area (Å²) < 4.78 is 0. The van der Waals surface area contributed by atoms with E-state index in [1.165, 1.54) is 15.6 Å². The van der Waals surface area contributed by atoms with Gasteiger partial charge in [0.05, 0.1) is 11.2 Å². The zero-order valence-electron chi connectivity index (χ0n) is 12.2. The topological polar surface area (TPSA) is 28.2 Å². The molecule has 0 bridgehead atoms. The molecule has 1 aliphatic rings. The summed E-state index contributed by atoms with van der Waals surface area (Å²) in [5.74, 6) is 0. The molecule has 0 saturated carbocycles. The van der Waals surface area contributed by atoms with Crippen molar-refractivity contribution in [2.45, 2.75) is 51.6 Å². The predicted molar refractivity (Wildman–Crippen MR) is 78.3 cm³/mol. The Morgan fingerprint density at radius 1 is 1.56 bits per heavy atom. The van der Waals surface area contributed by atoms with Crippen LogP contribution in [0.25, 0.3) is 0 Å². The fraction of sp³-hybridized carbons (Fsp3) is 0.786.